The highest BCUT2D eigenvalue weighted by Crippen LogP contribution is 2.33. The Morgan fingerprint density at radius 3 is 2.63 bits per heavy atom. The summed E-state index contributed by atoms with van der Waals surface area (Å²) in [6.45, 7) is 2.11. The van der Waals surface area contributed by atoms with E-state index in [2.05, 4.69) is 22.1 Å². The van der Waals surface area contributed by atoms with Crippen LogP contribution in [0.4, 0.5) is 0 Å². The van der Waals surface area contributed by atoms with E-state index in [0.29, 0.717) is 34.0 Å². The van der Waals surface area contributed by atoms with Gasteiger partial charge >= 0.3 is 0 Å². The minimum absolute atomic E-state index is 0.0420. The minimum Gasteiger partial charge on any atom is -0.474 e. The largest absolute Gasteiger partial charge is 0.474 e. The van der Waals surface area contributed by atoms with Gasteiger partial charge in [-0.25, -0.2) is 9.97 Å². The van der Waals surface area contributed by atoms with Crippen LogP contribution >= 0.6 is 11.6 Å². The molecule has 138 valence electrons. The molecule has 5 nitrogen and oxygen atoms in total. The number of nitrogens with zero attached hydrogens (tertiary/aromatic N) is 2. The van der Waals surface area contributed by atoms with Crippen molar-refractivity contribution in [1.29, 1.82) is 0 Å². The average Bonchev–Trinajstić information content (AvgIpc) is 2.63. The fourth-order valence-corrected chi connectivity index (χ4v) is 3.31. The van der Waals surface area contributed by atoms with Gasteiger partial charge in [0.15, 0.2) is 5.78 Å². The SMILES string of the molecule is CC(=O)c1cnc(O[C@H]2C[C@H](OCc3ccccc3)C2)c2cnc(Cl)cc12. The Labute approximate surface area is 162 Å². The highest BCUT2D eigenvalue weighted by molar-refractivity contribution is 6.30. The van der Waals surface area contributed by atoms with E-state index in [4.69, 9.17) is 21.1 Å². The van der Waals surface area contributed by atoms with Crippen molar-refractivity contribution in [1.82, 2.24) is 9.97 Å². The first-order valence-electron chi connectivity index (χ1n) is 8.87. The van der Waals surface area contributed by atoms with Gasteiger partial charge in [0.2, 0.25) is 5.88 Å². The van der Waals surface area contributed by atoms with Crippen molar-refractivity contribution >= 4 is 28.2 Å². The van der Waals surface area contributed by atoms with Gasteiger partial charge in [-0.2, -0.15) is 0 Å². The lowest BCUT2D eigenvalue weighted by Gasteiger charge is -2.35. The molecule has 1 aromatic carbocycles. The average molecular weight is 383 g/mol. The molecule has 3 aromatic rings. The summed E-state index contributed by atoms with van der Waals surface area (Å²) in [7, 11) is 0. The van der Waals surface area contributed by atoms with Gasteiger partial charge in [0.25, 0.3) is 0 Å². The second-order valence-corrected chi connectivity index (χ2v) is 7.10. The number of pyridine rings is 2. The smallest absolute Gasteiger partial charge is 0.223 e. The molecule has 0 aliphatic heterocycles. The van der Waals surface area contributed by atoms with Gasteiger partial charge in [-0.05, 0) is 18.6 Å². The van der Waals surface area contributed by atoms with Gasteiger partial charge in [-0.15, -0.1) is 0 Å². The molecule has 1 aliphatic carbocycles. The Bertz CT molecular complexity index is 972. The first-order chi connectivity index (χ1) is 13.1. The van der Waals surface area contributed by atoms with E-state index >= 15 is 0 Å². The molecule has 0 atom stereocenters. The Morgan fingerprint density at radius 2 is 1.89 bits per heavy atom. The standard InChI is InChI=1S/C21H19ClN2O3/c1-13(25)18-10-24-21(19-11-23-20(22)9-17(18)19)27-16-7-15(8-16)26-12-14-5-3-2-4-6-14/h2-6,9-11,15-16H,7-8,12H2,1H3/t15-,16-. The summed E-state index contributed by atoms with van der Waals surface area (Å²) < 4.78 is 11.9. The number of halogens is 1. The number of rotatable bonds is 6. The maximum absolute atomic E-state index is 11.8. The monoisotopic (exact) mass is 382 g/mol. The van der Waals surface area contributed by atoms with Gasteiger partial charge in [-0.3, -0.25) is 4.79 Å². The molecule has 1 fully saturated rings. The molecule has 27 heavy (non-hydrogen) atoms. The molecule has 0 bridgehead atoms. The number of hydrogen-bond donors (Lipinski definition) is 0. The van der Waals surface area contributed by atoms with Crippen LogP contribution in [0.1, 0.15) is 35.7 Å². The van der Waals surface area contributed by atoms with Gasteiger partial charge in [-0.1, -0.05) is 41.9 Å². The van der Waals surface area contributed by atoms with Crippen molar-refractivity contribution in [2.75, 3.05) is 0 Å². The highest BCUT2D eigenvalue weighted by atomic mass is 35.5. The van der Waals surface area contributed by atoms with Gasteiger partial charge in [0.1, 0.15) is 11.3 Å². The van der Waals surface area contributed by atoms with Crippen LogP contribution in [0.25, 0.3) is 10.8 Å². The number of ether oxygens (including phenoxy) is 2. The lowest BCUT2D eigenvalue weighted by atomic mass is 9.92. The second kappa shape index (κ2) is 7.62. The predicted molar refractivity (Wildman–Crippen MR) is 103 cm³/mol. The third-order valence-electron chi connectivity index (χ3n) is 4.74. The molecule has 0 saturated heterocycles. The van der Waals surface area contributed by atoms with Crippen molar-refractivity contribution in [2.24, 2.45) is 0 Å². The molecule has 4 rings (SSSR count). The van der Waals surface area contributed by atoms with Gasteiger partial charge < -0.3 is 9.47 Å². The molecule has 6 heteroatoms. The molecule has 0 unspecified atom stereocenters. The Balaban J connectivity index is 1.41. The van der Waals surface area contributed by atoms with E-state index in [0.717, 1.165) is 18.4 Å². The zero-order chi connectivity index (χ0) is 18.8. The fraction of sp³-hybridized carbons (Fsp3) is 0.286. The van der Waals surface area contributed by atoms with Crippen LogP contribution < -0.4 is 4.74 Å². The first-order valence-corrected chi connectivity index (χ1v) is 9.25. The van der Waals surface area contributed by atoms with Crippen molar-refractivity contribution in [3.63, 3.8) is 0 Å². The first kappa shape index (κ1) is 17.9. The summed E-state index contributed by atoms with van der Waals surface area (Å²) >= 11 is 6.00. The number of ketones is 1. The highest BCUT2D eigenvalue weighted by Gasteiger charge is 2.32. The maximum Gasteiger partial charge on any atom is 0.223 e. The van der Waals surface area contributed by atoms with E-state index < -0.39 is 0 Å². The quantitative estimate of drug-likeness (QED) is 0.460. The van der Waals surface area contributed by atoms with E-state index in [1.54, 1.807) is 18.5 Å². The van der Waals surface area contributed by atoms with Crippen molar-refractivity contribution in [2.45, 2.75) is 38.6 Å². The molecule has 2 heterocycles. The molecule has 2 aromatic heterocycles. The van der Waals surface area contributed by atoms with Crippen molar-refractivity contribution < 1.29 is 14.3 Å². The molecule has 1 saturated carbocycles. The summed E-state index contributed by atoms with van der Waals surface area (Å²) in [5, 5.41) is 1.74. The van der Waals surface area contributed by atoms with Crippen LogP contribution in [0, 0.1) is 0 Å². The molecule has 0 N–H and O–H groups in total. The Kier molecular flexibility index (Phi) is 5.05. The number of benzene rings is 1. The topological polar surface area (TPSA) is 61.3 Å². The molecular formula is C21H19ClN2O3. The lowest BCUT2D eigenvalue weighted by molar-refractivity contribution is -0.0690. The van der Waals surface area contributed by atoms with Crippen molar-refractivity contribution in [3.05, 3.63) is 65.1 Å². The van der Waals surface area contributed by atoms with E-state index in [1.807, 2.05) is 18.2 Å². The molecule has 0 radical (unpaired) electrons. The zero-order valence-electron chi connectivity index (χ0n) is 14.9. The number of aromatic nitrogens is 2. The summed E-state index contributed by atoms with van der Waals surface area (Å²) in [5.41, 5.74) is 1.68. The summed E-state index contributed by atoms with van der Waals surface area (Å²) in [6.07, 6.45) is 5.00. The van der Waals surface area contributed by atoms with Crippen LogP contribution in [0.15, 0.2) is 48.8 Å². The van der Waals surface area contributed by atoms with Crippen LogP contribution in [0.2, 0.25) is 5.15 Å². The summed E-state index contributed by atoms with van der Waals surface area (Å²) in [6, 6.07) is 11.8. The number of fused-ring (bicyclic) bond motifs is 1. The Hall–Kier alpha value is -2.50. The Morgan fingerprint density at radius 1 is 1.11 bits per heavy atom. The molecule has 0 spiro atoms. The third-order valence-corrected chi connectivity index (χ3v) is 4.95. The number of Topliss-reactive ketones (excluding diaryl/α,β-unsaturated/α-hetero) is 1. The van der Waals surface area contributed by atoms with Crippen LogP contribution in [0.3, 0.4) is 0 Å². The third kappa shape index (κ3) is 3.94. The fourth-order valence-electron chi connectivity index (χ4n) is 3.16. The molecule has 0 amide bonds. The number of hydrogen-bond acceptors (Lipinski definition) is 5. The van der Waals surface area contributed by atoms with E-state index in [1.165, 1.54) is 6.92 Å². The lowest BCUT2D eigenvalue weighted by Crippen LogP contribution is -2.39. The van der Waals surface area contributed by atoms with E-state index in [-0.39, 0.29) is 18.0 Å². The van der Waals surface area contributed by atoms with Crippen LogP contribution in [-0.4, -0.2) is 28.0 Å². The second-order valence-electron chi connectivity index (χ2n) is 6.72. The number of carbonyl (C=O) groups excluding carboxylic acids is 1. The predicted octanol–water partition coefficient (Wildman–Crippen LogP) is 4.61. The maximum atomic E-state index is 11.8. The molecular weight excluding hydrogens is 364 g/mol. The minimum atomic E-state index is -0.0701. The zero-order valence-corrected chi connectivity index (χ0v) is 15.6. The van der Waals surface area contributed by atoms with E-state index in [9.17, 15) is 4.79 Å². The summed E-state index contributed by atoms with van der Waals surface area (Å²) in [4.78, 5) is 20.3. The molecule has 1 aliphatic rings. The normalized spacial score (nSPS) is 18.9. The van der Waals surface area contributed by atoms with Gasteiger partial charge in [0.05, 0.1) is 18.1 Å². The van der Waals surface area contributed by atoms with Crippen LogP contribution in [0.5, 0.6) is 5.88 Å². The van der Waals surface area contributed by atoms with Crippen molar-refractivity contribution in [3.8, 4) is 5.88 Å². The summed E-state index contributed by atoms with van der Waals surface area (Å²) in [5.74, 6) is 0.407. The van der Waals surface area contributed by atoms with Gasteiger partial charge in [0, 0.05) is 36.2 Å². The number of carbonyl (C=O) groups is 1. The van der Waals surface area contributed by atoms with Crippen LogP contribution in [-0.2, 0) is 11.3 Å².